The first kappa shape index (κ1) is 35.7. The minimum absolute atomic E-state index is 0.101. The minimum Gasteiger partial charge on any atom is -0.507 e. The van der Waals surface area contributed by atoms with Crippen LogP contribution in [0.1, 0.15) is 54.8 Å². The van der Waals surface area contributed by atoms with Crippen LogP contribution in [-0.2, 0) is 9.59 Å². The Kier molecular flexibility index (Phi) is 10.6. The average molecular weight is 804 g/mol. The summed E-state index contributed by atoms with van der Waals surface area (Å²) in [4.78, 5) is 71.0. The van der Waals surface area contributed by atoms with E-state index in [2.05, 4.69) is 31.9 Å². The van der Waals surface area contributed by atoms with Gasteiger partial charge in [-0.15, -0.1) is 0 Å². The monoisotopic (exact) mass is 802 g/mol. The van der Waals surface area contributed by atoms with Crippen LogP contribution >= 0.6 is 31.9 Å². The highest BCUT2D eigenvalue weighted by atomic mass is 79.9. The highest BCUT2D eigenvalue weighted by Crippen LogP contribution is 2.38. The molecule has 0 heterocycles. The maximum atomic E-state index is 12.6. The van der Waals surface area contributed by atoms with Gasteiger partial charge < -0.3 is 10.2 Å². The van der Waals surface area contributed by atoms with Gasteiger partial charge in [0.2, 0.25) is 36.2 Å². The number of carbonyl (C=O) groups excluding carboxylic acids is 4. The molecule has 0 amide bonds. The number of nitrogens with zero attached hydrogens (tertiary/aromatic N) is 2. The molecule has 0 saturated carbocycles. The number of rotatable bonds is 8. The average Bonchev–Trinajstić information content (AvgIpc) is 3.10. The predicted octanol–water partition coefficient (Wildman–Crippen LogP) is 7.09. The van der Waals surface area contributed by atoms with Gasteiger partial charge in [0.05, 0.1) is 23.0 Å². The van der Waals surface area contributed by atoms with Crippen molar-refractivity contribution in [1.29, 1.82) is 0 Å². The molecule has 252 valence electrons. The molecule has 12 nitrogen and oxygen atoms in total. The predicted molar refractivity (Wildman–Crippen MR) is 188 cm³/mol. The number of halogens is 2. The zero-order chi connectivity index (χ0) is 36.3. The van der Waals surface area contributed by atoms with Crippen molar-refractivity contribution in [2.45, 2.75) is 11.8 Å². The Bertz CT molecular complexity index is 1990. The molecule has 0 bridgehead atoms. The summed E-state index contributed by atoms with van der Waals surface area (Å²) < 4.78 is 1.54. The molecule has 50 heavy (non-hydrogen) atoms. The first-order valence-corrected chi connectivity index (χ1v) is 16.4. The molecule has 2 N–H and O–H groups in total. The Morgan fingerprint density at radius 3 is 1.10 bits per heavy atom. The van der Waals surface area contributed by atoms with Crippen molar-refractivity contribution in [3.05, 3.63) is 171 Å². The Morgan fingerprint density at radius 1 is 0.500 bits per heavy atom. The van der Waals surface area contributed by atoms with Crippen molar-refractivity contribution in [3.63, 3.8) is 0 Å². The Balaban J connectivity index is 0.000000194. The summed E-state index contributed by atoms with van der Waals surface area (Å²) in [6, 6.07) is 25.6. The molecule has 0 aliphatic heterocycles. The quantitative estimate of drug-likeness (QED) is 0.105. The third-order valence-electron chi connectivity index (χ3n) is 8.17. The van der Waals surface area contributed by atoms with Crippen molar-refractivity contribution in [3.8, 4) is 0 Å². The van der Waals surface area contributed by atoms with E-state index in [0.717, 1.165) is 8.95 Å². The van der Waals surface area contributed by atoms with Crippen molar-refractivity contribution < 1.29 is 39.2 Å². The molecule has 6 rings (SSSR count). The SMILES string of the molecule is O=C1C(=O)c2ccccc2C(O)=C1[C@@H](C[N+](=O)[O-])c1ccc(Br)cc1.O=C1C(=O)c2ccccc2C(O)=C1[C@@H](C[N+](=O)[O-])c1ccc(Br)cc1. The number of hydrogen-bond donors (Lipinski definition) is 2. The van der Waals surface area contributed by atoms with Crippen LogP contribution in [0.25, 0.3) is 11.5 Å². The van der Waals surface area contributed by atoms with Crippen LogP contribution in [0.5, 0.6) is 0 Å². The summed E-state index contributed by atoms with van der Waals surface area (Å²) in [6.45, 7) is -1.22. The number of ketones is 4. The summed E-state index contributed by atoms with van der Waals surface area (Å²) in [7, 11) is 0. The van der Waals surface area contributed by atoms with Gasteiger partial charge >= 0.3 is 0 Å². The molecule has 0 aromatic heterocycles. The molecule has 0 spiro atoms. The molecule has 2 atom stereocenters. The van der Waals surface area contributed by atoms with Crippen molar-refractivity contribution in [2.75, 3.05) is 13.1 Å². The lowest BCUT2D eigenvalue weighted by molar-refractivity contribution is -0.481. The summed E-state index contributed by atoms with van der Waals surface area (Å²) >= 11 is 6.56. The lowest BCUT2D eigenvalue weighted by atomic mass is 9.79. The van der Waals surface area contributed by atoms with Gasteiger partial charge in [0.1, 0.15) is 11.5 Å². The van der Waals surface area contributed by atoms with E-state index in [9.17, 15) is 49.6 Å². The molecule has 14 heteroatoms. The molecular weight excluding hydrogens is 780 g/mol. The molecule has 0 unspecified atom stereocenters. The van der Waals surface area contributed by atoms with Gasteiger partial charge in [-0.3, -0.25) is 39.4 Å². The van der Waals surface area contributed by atoms with Crippen LogP contribution in [0.15, 0.2) is 117 Å². The van der Waals surface area contributed by atoms with E-state index in [1.54, 1.807) is 72.8 Å². The molecule has 0 radical (unpaired) electrons. The second kappa shape index (κ2) is 14.9. The summed E-state index contributed by atoms with van der Waals surface area (Å²) in [5.74, 6) is -6.16. The van der Waals surface area contributed by atoms with E-state index in [1.165, 1.54) is 24.3 Å². The van der Waals surface area contributed by atoms with Crippen molar-refractivity contribution in [1.82, 2.24) is 0 Å². The largest absolute Gasteiger partial charge is 0.507 e. The van der Waals surface area contributed by atoms with Gasteiger partial charge in [0, 0.05) is 41.0 Å². The lowest BCUT2D eigenvalue weighted by Crippen LogP contribution is -2.30. The fraction of sp³-hybridized carbons (Fsp3) is 0.111. The van der Waals surface area contributed by atoms with Crippen LogP contribution in [-0.4, -0.2) is 56.3 Å². The lowest BCUT2D eigenvalue weighted by Gasteiger charge is -2.22. The molecular formula is C36H24Br2N2O10. The second-order valence-electron chi connectivity index (χ2n) is 11.2. The van der Waals surface area contributed by atoms with E-state index in [-0.39, 0.29) is 44.9 Å². The van der Waals surface area contributed by atoms with E-state index in [4.69, 9.17) is 0 Å². The molecule has 2 aliphatic carbocycles. The summed E-state index contributed by atoms with van der Waals surface area (Å²) in [5, 5.41) is 43.4. The summed E-state index contributed by atoms with van der Waals surface area (Å²) in [6.07, 6.45) is 0. The summed E-state index contributed by atoms with van der Waals surface area (Å²) in [5.41, 5.74) is 1.11. The number of fused-ring (bicyclic) bond motifs is 2. The highest BCUT2D eigenvalue weighted by Gasteiger charge is 2.40. The fourth-order valence-electron chi connectivity index (χ4n) is 5.83. The zero-order valence-electron chi connectivity index (χ0n) is 25.6. The van der Waals surface area contributed by atoms with Crippen LogP contribution < -0.4 is 0 Å². The Morgan fingerprint density at radius 2 is 0.800 bits per heavy atom. The number of nitro groups is 2. The number of aliphatic hydroxyl groups excluding tert-OH is 2. The van der Waals surface area contributed by atoms with Crippen LogP contribution in [0, 0.1) is 20.2 Å². The number of benzene rings is 4. The Hall–Kier alpha value is -5.60. The Labute approximate surface area is 300 Å². The topological polar surface area (TPSA) is 195 Å². The molecule has 2 aliphatic rings. The maximum Gasteiger partial charge on any atom is 0.234 e. The van der Waals surface area contributed by atoms with Crippen LogP contribution in [0.2, 0.25) is 0 Å². The number of hydrogen-bond acceptors (Lipinski definition) is 10. The molecule has 0 saturated heterocycles. The van der Waals surface area contributed by atoms with E-state index in [0.29, 0.717) is 11.1 Å². The normalized spacial score (nSPS) is 15.1. The molecule has 0 fully saturated rings. The first-order chi connectivity index (χ1) is 23.8. The van der Waals surface area contributed by atoms with Gasteiger partial charge in [-0.05, 0) is 35.4 Å². The highest BCUT2D eigenvalue weighted by molar-refractivity contribution is 9.10. The number of Topliss-reactive ketones (excluding diaryl/α,β-unsaturated/α-hetero) is 4. The van der Waals surface area contributed by atoms with Crippen LogP contribution in [0.4, 0.5) is 0 Å². The first-order valence-electron chi connectivity index (χ1n) is 14.8. The third kappa shape index (κ3) is 7.21. The van der Waals surface area contributed by atoms with Crippen molar-refractivity contribution in [2.24, 2.45) is 0 Å². The molecule has 4 aromatic rings. The van der Waals surface area contributed by atoms with Gasteiger partial charge in [0.25, 0.3) is 0 Å². The van der Waals surface area contributed by atoms with E-state index in [1.807, 2.05) is 0 Å². The molecule has 4 aromatic carbocycles. The van der Waals surface area contributed by atoms with Crippen molar-refractivity contribution >= 4 is 66.5 Å². The van der Waals surface area contributed by atoms with E-state index < -0.39 is 57.9 Å². The third-order valence-corrected chi connectivity index (χ3v) is 9.23. The standard InChI is InChI=1S/2C18H12BrNO5/c2*19-11-7-5-10(6-8-11)14(9-20(24)25)15-16(21)12-3-1-2-4-13(12)17(22)18(15)23/h2*1-8,14,21H,9H2/t2*14-/m00/s1. The van der Waals surface area contributed by atoms with Crippen LogP contribution in [0.3, 0.4) is 0 Å². The van der Waals surface area contributed by atoms with Gasteiger partial charge in [-0.2, -0.15) is 0 Å². The van der Waals surface area contributed by atoms with Gasteiger partial charge in [0.15, 0.2) is 0 Å². The zero-order valence-corrected chi connectivity index (χ0v) is 28.8. The van der Waals surface area contributed by atoms with Gasteiger partial charge in [-0.25, -0.2) is 0 Å². The van der Waals surface area contributed by atoms with Gasteiger partial charge in [-0.1, -0.05) is 105 Å². The number of carbonyl (C=O) groups is 4. The second-order valence-corrected chi connectivity index (χ2v) is 13.0. The number of aliphatic hydroxyl groups is 2. The maximum absolute atomic E-state index is 12.6. The van der Waals surface area contributed by atoms with E-state index >= 15 is 0 Å². The minimum atomic E-state index is -1.02. The smallest absolute Gasteiger partial charge is 0.234 e. The fourth-order valence-corrected chi connectivity index (χ4v) is 6.36.